The Morgan fingerprint density at radius 2 is 1.72 bits per heavy atom. The molecular weight excluding hydrogens is 226 g/mol. The van der Waals surface area contributed by atoms with Crippen molar-refractivity contribution in [1.29, 1.82) is 0 Å². The summed E-state index contributed by atoms with van der Waals surface area (Å²) in [4.78, 5) is 13.5. The van der Waals surface area contributed by atoms with Gasteiger partial charge in [-0.1, -0.05) is 29.8 Å². The molecule has 0 aliphatic carbocycles. The van der Waals surface area contributed by atoms with Crippen LogP contribution in [-0.2, 0) is 6.42 Å². The fraction of sp³-hybridized carbons (Fsp3) is 0.500. The van der Waals surface area contributed by atoms with E-state index < -0.39 is 0 Å². The van der Waals surface area contributed by atoms with E-state index in [1.165, 1.54) is 11.1 Å². The van der Waals surface area contributed by atoms with Crippen LogP contribution in [0.3, 0.4) is 0 Å². The minimum atomic E-state index is -0.0936. The van der Waals surface area contributed by atoms with E-state index in [0.717, 1.165) is 13.0 Å². The predicted octanol–water partition coefficient (Wildman–Crippen LogP) is 1.40. The SMILES string of the molecule is Cc1ccc(CCNC(=O)NCCN(C)C)cc1. The highest BCUT2D eigenvalue weighted by Crippen LogP contribution is 2.02. The first-order valence-electron chi connectivity index (χ1n) is 6.30. The Morgan fingerprint density at radius 3 is 2.33 bits per heavy atom. The Bertz CT molecular complexity index is 360. The van der Waals surface area contributed by atoms with Crippen LogP contribution in [0.1, 0.15) is 11.1 Å². The lowest BCUT2D eigenvalue weighted by molar-refractivity contribution is 0.239. The lowest BCUT2D eigenvalue weighted by Gasteiger charge is -2.11. The lowest BCUT2D eigenvalue weighted by Crippen LogP contribution is -2.39. The number of rotatable bonds is 6. The molecule has 1 rings (SSSR count). The van der Waals surface area contributed by atoms with E-state index in [2.05, 4.69) is 41.8 Å². The molecule has 0 radical (unpaired) electrons. The standard InChI is InChI=1S/C14H23N3O/c1-12-4-6-13(7-5-12)8-9-15-14(18)16-10-11-17(2)3/h4-7H,8-11H2,1-3H3,(H2,15,16,18). The summed E-state index contributed by atoms with van der Waals surface area (Å²) < 4.78 is 0. The summed E-state index contributed by atoms with van der Waals surface area (Å²) in [6, 6.07) is 8.28. The minimum Gasteiger partial charge on any atom is -0.338 e. The second kappa shape index (κ2) is 7.71. The van der Waals surface area contributed by atoms with Gasteiger partial charge in [0.15, 0.2) is 0 Å². The predicted molar refractivity (Wildman–Crippen MR) is 74.8 cm³/mol. The first-order chi connectivity index (χ1) is 8.58. The number of amides is 2. The van der Waals surface area contributed by atoms with Gasteiger partial charge in [0.25, 0.3) is 0 Å². The summed E-state index contributed by atoms with van der Waals surface area (Å²) in [6.07, 6.45) is 0.862. The molecule has 1 aromatic rings. The Labute approximate surface area is 109 Å². The molecule has 0 aliphatic heterocycles. The molecule has 2 N–H and O–H groups in total. The van der Waals surface area contributed by atoms with Crippen LogP contribution < -0.4 is 10.6 Å². The van der Waals surface area contributed by atoms with Crippen LogP contribution in [0.5, 0.6) is 0 Å². The maximum atomic E-state index is 11.4. The molecule has 4 nitrogen and oxygen atoms in total. The van der Waals surface area contributed by atoms with E-state index >= 15 is 0 Å². The fourth-order valence-corrected chi connectivity index (χ4v) is 1.53. The number of urea groups is 1. The summed E-state index contributed by atoms with van der Waals surface area (Å²) in [5, 5.41) is 5.67. The zero-order chi connectivity index (χ0) is 13.4. The van der Waals surface area contributed by atoms with Crippen LogP contribution >= 0.6 is 0 Å². The molecule has 0 fully saturated rings. The Balaban J connectivity index is 2.13. The fourth-order valence-electron chi connectivity index (χ4n) is 1.53. The van der Waals surface area contributed by atoms with E-state index in [-0.39, 0.29) is 6.03 Å². The van der Waals surface area contributed by atoms with Gasteiger partial charge in [-0.25, -0.2) is 4.79 Å². The van der Waals surface area contributed by atoms with E-state index in [9.17, 15) is 4.79 Å². The van der Waals surface area contributed by atoms with Crippen molar-refractivity contribution in [2.24, 2.45) is 0 Å². The third-order valence-corrected chi connectivity index (χ3v) is 2.66. The van der Waals surface area contributed by atoms with Crippen molar-refractivity contribution in [3.63, 3.8) is 0 Å². The molecule has 18 heavy (non-hydrogen) atoms. The smallest absolute Gasteiger partial charge is 0.314 e. The zero-order valence-corrected chi connectivity index (χ0v) is 11.5. The molecular formula is C14H23N3O. The molecule has 0 saturated carbocycles. The lowest BCUT2D eigenvalue weighted by atomic mass is 10.1. The van der Waals surface area contributed by atoms with E-state index in [0.29, 0.717) is 13.1 Å². The van der Waals surface area contributed by atoms with Crippen molar-refractivity contribution >= 4 is 6.03 Å². The normalized spacial score (nSPS) is 10.4. The van der Waals surface area contributed by atoms with Crippen molar-refractivity contribution < 1.29 is 4.79 Å². The van der Waals surface area contributed by atoms with Crippen molar-refractivity contribution in [1.82, 2.24) is 15.5 Å². The van der Waals surface area contributed by atoms with Crippen LogP contribution in [0.25, 0.3) is 0 Å². The number of benzene rings is 1. The van der Waals surface area contributed by atoms with Crippen molar-refractivity contribution in [3.05, 3.63) is 35.4 Å². The maximum absolute atomic E-state index is 11.4. The average Bonchev–Trinajstić information content (AvgIpc) is 2.31. The summed E-state index contributed by atoms with van der Waals surface area (Å²) >= 11 is 0. The number of carbonyl (C=O) groups excluding carboxylic acids is 1. The molecule has 0 aromatic heterocycles. The second-order valence-corrected chi connectivity index (χ2v) is 4.72. The van der Waals surface area contributed by atoms with E-state index in [1.54, 1.807) is 0 Å². The summed E-state index contributed by atoms with van der Waals surface area (Å²) in [7, 11) is 3.97. The maximum Gasteiger partial charge on any atom is 0.314 e. The third kappa shape index (κ3) is 6.25. The van der Waals surface area contributed by atoms with Gasteiger partial charge < -0.3 is 15.5 Å². The molecule has 2 amide bonds. The first-order valence-corrected chi connectivity index (χ1v) is 6.30. The Hall–Kier alpha value is -1.55. The Morgan fingerprint density at radius 1 is 1.11 bits per heavy atom. The summed E-state index contributed by atoms with van der Waals surface area (Å²) in [5.74, 6) is 0. The number of nitrogens with one attached hydrogen (secondary N) is 2. The zero-order valence-electron chi connectivity index (χ0n) is 11.5. The minimum absolute atomic E-state index is 0.0936. The molecule has 100 valence electrons. The third-order valence-electron chi connectivity index (χ3n) is 2.66. The van der Waals surface area contributed by atoms with Crippen molar-refractivity contribution in [2.45, 2.75) is 13.3 Å². The molecule has 0 unspecified atom stereocenters. The second-order valence-electron chi connectivity index (χ2n) is 4.72. The molecule has 0 bridgehead atoms. The van der Waals surface area contributed by atoms with Gasteiger partial charge in [-0.3, -0.25) is 0 Å². The molecule has 4 heteroatoms. The van der Waals surface area contributed by atoms with Crippen LogP contribution in [0.4, 0.5) is 4.79 Å². The molecule has 0 heterocycles. The molecule has 0 atom stereocenters. The topological polar surface area (TPSA) is 44.4 Å². The van der Waals surface area contributed by atoms with Crippen LogP contribution in [0, 0.1) is 6.92 Å². The van der Waals surface area contributed by atoms with Gasteiger partial charge in [0, 0.05) is 19.6 Å². The van der Waals surface area contributed by atoms with Gasteiger partial charge in [-0.15, -0.1) is 0 Å². The monoisotopic (exact) mass is 249 g/mol. The van der Waals surface area contributed by atoms with Gasteiger partial charge >= 0.3 is 6.03 Å². The number of likely N-dealkylation sites (N-methyl/N-ethyl adjacent to an activating group) is 1. The Kier molecular flexibility index (Phi) is 6.22. The van der Waals surface area contributed by atoms with Crippen molar-refractivity contribution in [2.75, 3.05) is 33.7 Å². The van der Waals surface area contributed by atoms with Crippen LogP contribution in [-0.4, -0.2) is 44.7 Å². The van der Waals surface area contributed by atoms with Crippen LogP contribution in [0.15, 0.2) is 24.3 Å². The highest BCUT2D eigenvalue weighted by Gasteiger charge is 1.99. The van der Waals surface area contributed by atoms with E-state index in [1.807, 2.05) is 19.0 Å². The van der Waals surface area contributed by atoms with Gasteiger partial charge in [-0.05, 0) is 33.0 Å². The molecule has 0 saturated heterocycles. The highest BCUT2D eigenvalue weighted by atomic mass is 16.2. The van der Waals surface area contributed by atoms with Crippen LogP contribution in [0.2, 0.25) is 0 Å². The highest BCUT2D eigenvalue weighted by molar-refractivity contribution is 5.73. The molecule has 0 aliphatic rings. The number of nitrogens with zero attached hydrogens (tertiary/aromatic N) is 1. The first kappa shape index (κ1) is 14.5. The van der Waals surface area contributed by atoms with Gasteiger partial charge in [0.2, 0.25) is 0 Å². The summed E-state index contributed by atoms with van der Waals surface area (Å²) in [5.41, 5.74) is 2.50. The van der Waals surface area contributed by atoms with Gasteiger partial charge in [0.1, 0.15) is 0 Å². The van der Waals surface area contributed by atoms with E-state index in [4.69, 9.17) is 0 Å². The number of hydrogen-bond acceptors (Lipinski definition) is 2. The quantitative estimate of drug-likeness (QED) is 0.800. The largest absolute Gasteiger partial charge is 0.338 e. The number of hydrogen-bond donors (Lipinski definition) is 2. The number of aryl methyl sites for hydroxylation is 1. The average molecular weight is 249 g/mol. The number of carbonyl (C=O) groups is 1. The van der Waals surface area contributed by atoms with Gasteiger partial charge in [0.05, 0.1) is 0 Å². The van der Waals surface area contributed by atoms with Crippen molar-refractivity contribution in [3.8, 4) is 0 Å². The molecule has 1 aromatic carbocycles. The van der Waals surface area contributed by atoms with Gasteiger partial charge in [-0.2, -0.15) is 0 Å². The molecule has 0 spiro atoms. The summed E-state index contributed by atoms with van der Waals surface area (Å²) in [6.45, 7) is 4.26.